The van der Waals surface area contributed by atoms with Crippen molar-refractivity contribution in [1.29, 1.82) is 0 Å². The number of fused-ring (bicyclic) bond motifs is 1. The lowest BCUT2D eigenvalue weighted by molar-refractivity contribution is -0.105. The Bertz CT molecular complexity index is 565. The molecule has 90 valence electrons. The summed E-state index contributed by atoms with van der Waals surface area (Å²) in [5, 5.41) is 0. The minimum Gasteiger partial charge on any atom is -0.465 e. The first-order valence-electron chi connectivity index (χ1n) is 5.63. The Kier molecular flexibility index (Phi) is 2.86. The fourth-order valence-corrected chi connectivity index (χ4v) is 2.53. The number of rotatable bonds is 2. The van der Waals surface area contributed by atoms with Crippen LogP contribution in [0.15, 0.2) is 27.4 Å². The molecule has 0 amide bonds. The van der Waals surface area contributed by atoms with E-state index in [2.05, 4.69) is 0 Å². The second-order valence-corrected chi connectivity index (χ2v) is 4.95. The highest BCUT2D eigenvalue weighted by Gasteiger charge is 2.15. The van der Waals surface area contributed by atoms with Gasteiger partial charge < -0.3 is 13.9 Å². The van der Waals surface area contributed by atoms with Crippen LogP contribution in [0, 0.1) is 0 Å². The van der Waals surface area contributed by atoms with E-state index in [1.807, 2.05) is 12.1 Å². The molecule has 0 spiro atoms. The second-order valence-electron chi connectivity index (χ2n) is 3.98. The van der Waals surface area contributed by atoms with Crippen LogP contribution in [0.4, 0.5) is 0 Å². The molecule has 3 rings (SSSR count). The molecular weight excluding hydrogens is 240 g/mol. The summed E-state index contributed by atoms with van der Waals surface area (Å²) in [7, 11) is 0. The first-order chi connectivity index (χ1) is 8.31. The molecule has 4 nitrogen and oxygen atoms in total. The first-order valence-corrected chi connectivity index (χ1v) is 6.45. The zero-order valence-corrected chi connectivity index (χ0v) is 10.00. The van der Waals surface area contributed by atoms with E-state index < -0.39 is 0 Å². The molecule has 1 aliphatic rings. The van der Waals surface area contributed by atoms with Crippen molar-refractivity contribution in [2.75, 3.05) is 6.61 Å². The molecule has 0 radical (unpaired) electrons. The molecule has 0 saturated carbocycles. The van der Waals surface area contributed by atoms with Crippen LogP contribution >= 0.6 is 11.3 Å². The monoisotopic (exact) mass is 252 g/mol. The minimum atomic E-state index is -0.286. The average molecular weight is 252 g/mol. The third-order valence-corrected chi connectivity index (χ3v) is 3.51. The summed E-state index contributed by atoms with van der Waals surface area (Å²) >= 11 is 1.10. The van der Waals surface area contributed by atoms with E-state index in [0.717, 1.165) is 41.9 Å². The van der Waals surface area contributed by atoms with E-state index in [-0.39, 0.29) is 11.2 Å². The summed E-state index contributed by atoms with van der Waals surface area (Å²) < 4.78 is 17.1. The molecule has 0 bridgehead atoms. The average Bonchev–Trinajstić information content (AvgIpc) is 2.70. The number of benzene rings is 1. The van der Waals surface area contributed by atoms with Gasteiger partial charge in [0.05, 0.1) is 11.3 Å². The van der Waals surface area contributed by atoms with Crippen LogP contribution in [0.2, 0.25) is 0 Å². The largest absolute Gasteiger partial charge is 0.465 e. The van der Waals surface area contributed by atoms with E-state index in [4.69, 9.17) is 13.9 Å². The topological polar surface area (TPSA) is 48.7 Å². The summed E-state index contributed by atoms with van der Waals surface area (Å²) in [6, 6.07) is 5.42. The number of hydrogen-bond donors (Lipinski definition) is 0. The molecule has 1 aromatic heterocycles. The Hall–Kier alpha value is -1.33. The molecular formula is C12H12O4S. The van der Waals surface area contributed by atoms with Crippen LogP contribution in [-0.4, -0.2) is 12.9 Å². The maximum Gasteiger partial charge on any atom is 0.396 e. The lowest BCUT2D eigenvalue weighted by Gasteiger charge is -2.23. The quantitative estimate of drug-likeness (QED) is 0.824. The van der Waals surface area contributed by atoms with Gasteiger partial charge in [0.25, 0.3) is 0 Å². The Morgan fingerprint density at radius 3 is 3.12 bits per heavy atom. The van der Waals surface area contributed by atoms with Gasteiger partial charge in [0.1, 0.15) is 5.75 Å². The van der Waals surface area contributed by atoms with Gasteiger partial charge >= 0.3 is 4.94 Å². The third-order valence-electron chi connectivity index (χ3n) is 2.71. The summed E-state index contributed by atoms with van der Waals surface area (Å²) in [6.07, 6.45) is 2.95. The van der Waals surface area contributed by atoms with Crippen molar-refractivity contribution < 1.29 is 13.9 Å². The zero-order chi connectivity index (χ0) is 11.7. The van der Waals surface area contributed by atoms with E-state index >= 15 is 0 Å². The van der Waals surface area contributed by atoms with E-state index in [1.54, 1.807) is 6.07 Å². The van der Waals surface area contributed by atoms with Crippen molar-refractivity contribution in [3.8, 4) is 5.75 Å². The van der Waals surface area contributed by atoms with Gasteiger partial charge in [-0.3, -0.25) is 0 Å². The molecule has 0 N–H and O–H groups in total. The Morgan fingerprint density at radius 1 is 1.35 bits per heavy atom. The summed E-state index contributed by atoms with van der Waals surface area (Å²) in [5.41, 5.74) is 0.577. The molecule has 5 heteroatoms. The van der Waals surface area contributed by atoms with Crippen LogP contribution in [-0.2, 0) is 4.74 Å². The fourth-order valence-electron chi connectivity index (χ4n) is 1.88. The predicted octanol–water partition coefficient (Wildman–Crippen LogP) is 2.76. The van der Waals surface area contributed by atoms with Crippen molar-refractivity contribution >= 4 is 21.6 Å². The highest BCUT2D eigenvalue weighted by atomic mass is 32.1. The molecule has 0 aliphatic carbocycles. The third kappa shape index (κ3) is 2.35. The molecule has 1 aromatic carbocycles. The summed E-state index contributed by atoms with van der Waals surface area (Å²) in [5.74, 6) is 0.686. The minimum absolute atomic E-state index is 0.174. The van der Waals surface area contributed by atoms with Crippen molar-refractivity contribution in [2.24, 2.45) is 0 Å². The molecule has 1 aliphatic heterocycles. The van der Waals surface area contributed by atoms with Crippen molar-refractivity contribution in [1.82, 2.24) is 0 Å². The lowest BCUT2D eigenvalue weighted by Crippen LogP contribution is -2.24. The molecule has 17 heavy (non-hydrogen) atoms. The Balaban J connectivity index is 1.82. The molecule has 2 heterocycles. The van der Waals surface area contributed by atoms with Gasteiger partial charge in [-0.1, -0.05) is 11.3 Å². The van der Waals surface area contributed by atoms with Crippen LogP contribution in [0.25, 0.3) is 10.3 Å². The first kappa shape index (κ1) is 10.8. The Labute approximate surface area is 102 Å². The standard InChI is InChI=1S/C12H12O4S/c13-12-16-9-7-8(4-5-10(9)17-12)15-11-3-1-2-6-14-11/h4-5,7,11H,1-3,6H2. The molecule has 1 unspecified atom stereocenters. The number of hydrogen-bond acceptors (Lipinski definition) is 5. The van der Waals surface area contributed by atoms with Crippen molar-refractivity contribution in [3.05, 3.63) is 27.9 Å². The van der Waals surface area contributed by atoms with Gasteiger partial charge in [-0.25, -0.2) is 4.79 Å². The fraction of sp³-hybridized carbons (Fsp3) is 0.417. The molecule has 1 fully saturated rings. The summed E-state index contributed by atoms with van der Waals surface area (Å²) in [6.45, 7) is 0.750. The van der Waals surface area contributed by atoms with Gasteiger partial charge in [-0.2, -0.15) is 0 Å². The van der Waals surface area contributed by atoms with Crippen LogP contribution in [0.1, 0.15) is 19.3 Å². The highest BCUT2D eigenvalue weighted by molar-refractivity contribution is 7.16. The van der Waals surface area contributed by atoms with Gasteiger partial charge in [-0.15, -0.1) is 0 Å². The van der Waals surface area contributed by atoms with E-state index in [0.29, 0.717) is 11.3 Å². The van der Waals surface area contributed by atoms with E-state index in [9.17, 15) is 4.79 Å². The van der Waals surface area contributed by atoms with Gasteiger partial charge in [-0.05, 0) is 25.0 Å². The molecule has 2 aromatic rings. The van der Waals surface area contributed by atoms with E-state index in [1.165, 1.54) is 0 Å². The van der Waals surface area contributed by atoms with Crippen LogP contribution in [0.3, 0.4) is 0 Å². The number of ether oxygens (including phenoxy) is 2. The molecule has 1 atom stereocenters. The highest BCUT2D eigenvalue weighted by Crippen LogP contribution is 2.25. The van der Waals surface area contributed by atoms with Gasteiger partial charge in [0, 0.05) is 12.5 Å². The normalized spacial score (nSPS) is 20.6. The summed E-state index contributed by atoms with van der Waals surface area (Å²) in [4.78, 5) is 10.8. The van der Waals surface area contributed by atoms with Crippen molar-refractivity contribution in [2.45, 2.75) is 25.6 Å². The Morgan fingerprint density at radius 2 is 2.29 bits per heavy atom. The predicted molar refractivity (Wildman–Crippen MR) is 64.6 cm³/mol. The maximum atomic E-state index is 11.1. The SMILES string of the molecule is O=c1oc2cc(OC3CCCCO3)ccc2s1. The maximum absolute atomic E-state index is 11.1. The van der Waals surface area contributed by atoms with Gasteiger partial charge in [0.15, 0.2) is 11.9 Å². The van der Waals surface area contributed by atoms with Crippen LogP contribution < -0.4 is 9.68 Å². The van der Waals surface area contributed by atoms with Crippen LogP contribution in [0.5, 0.6) is 5.75 Å². The molecule has 1 saturated heterocycles. The second kappa shape index (κ2) is 4.50. The van der Waals surface area contributed by atoms with Gasteiger partial charge in [0.2, 0.25) is 0 Å². The lowest BCUT2D eigenvalue weighted by atomic mass is 10.2. The zero-order valence-electron chi connectivity index (χ0n) is 9.18. The van der Waals surface area contributed by atoms with Crippen molar-refractivity contribution in [3.63, 3.8) is 0 Å². The smallest absolute Gasteiger partial charge is 0.396 e.